The lowest BCUT2D eigenvalue weighted by Crippen LogP contribution is -2.54. The minimum atomic E-state index is -0.638. The van der Waals surface area contributed by atoms with Crippen LogP contribution in [0.15, 0.2) is 48.0 Å². The maximum atomic E-state index is 12.8. The number of phenolic OH excluding ortho intramolecular Hbond substituents is 1. The summed E-state index contributed by atoms with van der Waals surface area (Å²) in [4.78, 5) is 26.2. The number of carbonyl (C=O) groups excluding carboxylic acids is 2. The van der Waals surface area contributed by atoms with Gasteiger partial charge in [0, 0.05) is 0 Å². The fourth-order valence-corrected chi connectivity index (χ4v) is 2.98. The van der Waals surface area contributed by atoms with E-state index in [0.29, 0.717) is 5.56 Å². The Labute approximate surface area is 158 Å². The molecule has 2 amide bonds. The van der Waals surface area contributed by atoms with E-state index in [9.17, 15) is 14.7 Å². The van der Waals surface area contributed by atoms with Crippen LogP contribution in [0.5, 0.6) is 5.75 Å². The fourth-order valence-electron chi connectivity index (χ4n) is 2.32. The van der Waals surface area contributed by atoms with Crippen molar-refractivity contribution in [2.45, 2.75) is 0 Å². The lowest BCUT2D eigenvalue weighted by Gasteiger charge is -2.29. The molecule has 1 saturated heterocycles. The van der Waals surface area contributed by atoms with Gasteiger partial charge in [0.25, 0.3) is 11.8 Å². The smallest absolute Gasteiger partial charge is 0.270 e. The summed E-state index contributed by atoms with van der Waals surface area (Å²) in [6, 6.07) is 10.9. The van der Waals surface area contributed by atoms with E-state index in [1.165, 1.54) is 18.2 Å². The summed E-state index contributed by atoms with van der Waals surface area (Å²) in [7, 11) is 0. The summed E-state index contributed by atoms with van der Waals surface area (Å²) in [6.45, 7) is 0. The number of aromatic hydroxyl groups is 1. The van der Waals surface area contributed by atoms with Crippen molar-refractivity contribution < 1.29 is 14.7 Å². The number of halogens is 2. The normalized spacial score (nSPS) is 16.3. The topological polar surface area (TPSA) is 69.6 Å². The Morgan fingerprint density at radius 2 is 1.84 bits per heavy atom. The summed E-state index contributed by atoms with van der Waals surface area (Å²) < 4.78 is 0. The van der Waals surface area contributed by atoms with E-state index in [-0.39, 0.29) is 32.2 Å². The molecule has 1 aliphatic heterocycles. The number of hydrogen-bond donors (Lipinski definition) is 2. The molecule has 8 heteroatoms. The number of rotatable bonds is 2. The number of amides is 2. The molecule has 0 saturated carbocycles. The molecule has 5 nitrogen and oxygen atoms in total. The molecule has 0 unspecified atom stereocenters. The Bertz CT molecular complexity index is 943. The van der Waals surface area contributed by atoms with Gasteiger partial charge in [-0.1, -0.05) is 41.4 Å². The number of nitrogens with zero attached hydrogens (tertiary/aromatic N) is 1. The first-order chi connectivity index (χ1) is 11.9. The van der Waals surface area contributed by atoms with Gasteiger partial charge >= 0.3 is 0 Å². The van der Waals surface area contributed by atoms with Gasteiger partial charge in [-0.15, -0.1) is 0 Å². The first-order valence-corrected chi connectivity index (χ1v) is 8.19. The largest absolute Gasteiger partial charge is 0.508 e. The molecule has 1 heterocycles. The second-order valence-electron chi connectivity index (χ2n) is 5.13. The summed E-state index contributed by atoms with van der Waals surface area (Å²) >= 11 is 17.3. The van der Waals surface area contributed by atoms with Crippen molar-refractivity contribution in [3.63, 3.8) is 0 Å². The molecule has 2 aromatic rings. The average Bonchev–Trinajstić information content (AvgIpc) is 2.55. The first kappa shape index (κ1) is 17.4. The van der Waals surface area contributed by atoms with Gasteiger partial charge in [-0.2, -0.15) is 0 Å². The molecular weight excluding hydrogens is 383 g/mol. The van der Waals surface area contributed by atoms with Crippen LogP contribution in [0.25, 0.3) is 6.08 Å². The molecule has 0 atom stereocenters. The molecular formula is C17H10Cl2N2O3S. The summed E-state index contributed by atoms with van der Waals surface area (Å²) in [6.07, 6.45) is 1.37. The first-order valence-electron chi connectivity index (χ1n) is 7.03. The predicted molar refractivity (Wildman–Crippen MR) is 101 cm³/mol. The van der Waals surface area contributed by atoms with Crippen molar-refractivity contribution in [3.8, 4) is 5.75 Å². The number of anilines is 1. The number of hydrogen-bond acceptors (Lipinski definition) is 4. The minimum Gasteiger partial charge on any atom is -0.508 e. The van der Waals surface area contributed by atoms with Crippen LogP contribution in [0, 0.1) is 0 Å². The minimum absolute atomic E-state index is 0.0169. The highest BCUT2D eigenvalue weighted by Crippen LogP contribution is 2.34. The van der Waals surface area contributed by atoms with E-state index >= 15 is 0 Å². The molecule has 2 N–H and O–H groups in total. The highest BCUT2D eigenvalue weighted by molar-refractivity contribution is 7.80. The molecule has 1 aliphatic rings. The summed E-state index contributed by atoms with van der Waals surface area (Å²) in [5.41, 5.74) is 0.615. The van der Waals surface area contributed by atoms with E-state index in [2.05, 4.69) is 5.32 Å². The average molecular weight is 393 g/mol. The third kappa shape index (κ3) is 3.37. The van der Waals surface area contributed by atoms with Crippen molar-refractivity contribution in [2.24, 2.45) is 0 Å². The van der Waals surface area contributed by atoms with E-state index < -0.39 is 11.8 Å². The highest BCUT2D eigenvalue weighted by atomic mass is 35.5. The number of benzene rings is 2. The molecule has 0 spiro atoms. The van der Waals surface area contributed by atoms with E-state index in [1.54, 1.807) is 30.3 Å². The van der Waals surface area contributed by atoms with Crippen LogP contribution in [0.4, 0.5) is 5.69 Å². The standard InChI is InChI=1S/C17H10Cl2N2O3S/c18-12-5-2-6-13(14(12)19)21-16(24)11(15(23)20-17(21)25)8-9-3-1-4-10(22)7-9/h1-8,22H,(H,20,23,25)/b11-8+. The van der Waals surface area contributed by atoms with Crippen molar-refractivity contribution in [2.75, 3.05) is 4.90 Å². The second-order valence-corrected chi connectivity index (χ2v) is 6.30. The zero-order valence-electron chi connectivity index (χ0n) is 12.5. The van der Waals surface area contributed by atoms with Crippen molar-refractivity contribution in [3.05, 3.63) is 63.6 Å². The van der Waals surface area contributed by atoms with Gasteiger partial charge in [0.2, 0.25) is 0 Å². The zero-order chi connectivity index (χ0) is 18.1. The van der Waals surface area contributed by atoms with Crippen LogP contribution < -0.4 is 10.2 Å². The van der Waals surface area contributed by atoms with Crippen molar-refractivity contribution in [1.82, 2.24) is 5.32 Å². The SMILES string of the molecule is O=C1NC(=S)N(c2cccc(Cl)c2Cl)C(=O)/C1=C/c1cccc(O)c1. The Kier molecular flexibility index (Phi) is 4.76. The van der Waals surface area contributed by atoms with Gasteiger partial charge in [-0.05, 0) is 48.1 Å². The van der Waals surface area contributed by atoms with Crippen molar-refractivity contribution >= 4 is 64.1 Å². The molecule has 0 aliphatic carbocycles. The molecule has 2 aromatic carbocycles. The fraction of sp³-hybridized carbons (Fsp3) is 0. The molecule has 3 rings (SSSR count). The molecule has 1 fully saturated rings. The monoisotopic (exact) mass is 392 g/mol. The maximum absolute atomic E-state index is 12.8. The third-order valence-corrected chi connectivity index (χ3v) is 4.55. The Balaban J connectivity index is 2.07. The number of thiocarbonyl (C=S) groups is 1. The van der Waals surface area contributed by atoms with Crippen LogP contribution in [-0.4, -0.2) is 22.0 Å². The molecule has 126 valence electrons. The summed E-state index contributed by atoms with van der Waals surface area (Å²) in [5, 5.41) is 12.3. The lowest BCUT2D eigenvalue weighted by atomic mass is 10.1. The third-order valence-electron chi connectivity index (χ3n) is 3.46. The lowest BCUT2D eigenvalue weighted by molar-refractivity contribution is -0.122. The van der Waals surface area contributed by atoms with Gasteiger partial charge in [0.15, 0.2) is 5.11 Å². The predicted octanol–water partition coefficient (Wildman–Crippen LogP) is 3.53. The van der Waals surface area contributed by atoms with Gasteiger partial charge in [-0.25, -0.2) is 0 Å². The maximum Gasteiger partial charge on any atom is 0.270 e. The molecule has 0 aromatic heterocycles. The Hall–Kier alpha value is -2.41. The Morgan fingerprint density at radius 1 is 1.12 bits per heavy atom. The second kappa shape index (κ2) is 6.84. The van der Waals surface area contributed by atoms with Gasteiger partial charge in [-0.3, -0.25) is 19.8 Å². The molecule has 0 radical (unpaired) electrons. The van der Waals surface area contributed by atoms with Crippen molar-refractivity contribution in [1.29, 1.82) is 0 Å². The number of phenols is 1. The van der Waals surface area contributed by atoms with Gasteiger partial charge in [0.1, 0.15) is 11.3 Å². The summed E-state index contributed by atoms with van der Waals surface area (Å²) in [5.74, 6) is -1.25. The molecule has 25 heavy (non-hydrogen) atoms. The van der Waals surface area contributed by atoms with Crippen LogP contribution >= 0.6 is 35.4 Å². The van der Waals surface area contributed by atoms with Crippen LogP contribution in [0.1, 0.15) is 5.56 Å². The van der Waals surface area contributed by atoms with Gasteiger partial charge in [0.05, 0.1) is 15.7 Å². The Morgan fingerprint density at radius 3 is 2.56 bits per heavy atom. The van der Waals surface area contributed by atoms with Crippen LogP contribution in [0.2, 0.25) is 10.0 Å². The molecule has 0 bridgehead atoms. The van der Waals surface area contributed by atoms with E-state index in [1.807, 2.05) is 0 Å². The zero-order valence-corrected chi connectivity index (χ0v) is 14.8. The van der Waals surface area contributed by atoms with Crippen LogP contribution in [-0.2, 0) is 9.59 Å². The quantitative estimate of drug-likeness (QED) is 0.465. The van der Waals surface area contributed by atoms with Gasteiger partial charge < -0.3 is 5.11 Å². The number of nitrogens with one attached hydrogen (secondary N) is 1. The number of carbonyl (C=O) groups is 2. The van der Waals surface area contributed by atoms with E-state index in [4.69, 9.17) is 35.4 Å². The highest BCUT2D eigenvalue weighted by Gasteiger charge is 2.35. The van der Waals surface area contributed by atoms with Crippen LogP contribution in [0.3, 0.4) is 0 Å². The van der Waals surface area contributed by atoms with E-state index in [0.717, 1.165) is 4.90 Å².